The number of anilines is 1. The zero-order chi connectivity index (χ0) is 30.0. The van der Waals surface area contributed by atoms with E-state index in [-0.39, 0.29) is 36.1 Å². The molecule has 12 heteroatoms. The van der Waals surface area contributed by atoms with Gasteiger partial charge in [-0.1, -0.05) is 0 Å². The molecule has 200 valence electrons. The second-order valence-corrected chi connectivity index (χ2v) is 9.73. The molecule has 1 atom stereocenters. The van der Waals surface area contributed by atoms with Crippen LogP contribution in [0.5, 0.6) is 5.75 Å². The number of pyridine rings is 1. The minimum absolute atomic E-state index is 0.0756. The molecule has 2 aliphatic heterocycles. The maximum Gasteiger partial charge on any atom is 0.487 e. The van der Waals surface area contributed by atoms with Gasteiger partial charge in [-0.25, -0.2) is 4.98 Å². The second-order valence-electron chi connectivity index (χ2n) is 9.29. The molecule has 39 heavy (non-hydrogen) atoms. The summed E-state index contributed by atoms with van der Waals surface area (Å²) in [6.45, 7) is -0.0571. The van der Waals surface area contributed by atoms with E-state index in [4.69, 9.17) is 25.4 Å². The summed E-state index contributed by atoms with van der Waals surface area (Å²) in [6.07, 6.45) is 1.54. The molecule has 0 saturated carbocycles. The molecule has 0 bridgehead atoms. The Hall–Kier alpha value is -4.09. The van der Waals surface area contributed by atoms with Crippen molar-refractivity contribution in [2.75, 3.05) is 18.9 Å². The van der Waals surface area contributed by atoms with Crippen molar-refractivity contribution in [2.24, 2.45) is 0 Å². The van der Waals surface area contributed by atoms with E-state index in [0.29, 0.717) is 46.0 Å². The van der Waals surface area contributed by atoms with Crippen LogP contribution < -0.4 is 10.1 Å². The molecule has 0 radical (unpaired) electrons. The number of fused-ring (bicyclic) bond motifs is 4. The van der Waals surface area contributed by atoms with E-state index >= 15 is 0 Å². The van der Waals surface area contributed by atoms with Crippen molar-refractivity contribution >= 4 is 40.1 Å². The monoisotopic (exact) mass is 556 g/mol. The quantitative estimate of drug-likeness (QED) is 0.340. The molecule has 2 aromatic carbocycles. The lowest BCUT2D eigenvalue weighted by Gasteiger charge is -2.23. The fourth-order valence-electron chi connectivity index (χ4n) is 4.86. The fourth-order valence-corrected chi connectivity index (χ4v) is 4.95. The van der Waals surface area contributed by atoms with Crippen molar-refractivity contribution in [1.29, 1.82) is 0 Å². The SMILES string of the molecule is [2H]C([2H])([2H])N1Cc2ncc(-c3cc(C(=O)Nc4ccc(OC(F)(F)Cl)cc4)cc4nc5n(c34)[C@H](C)COC5)cc2C1=O. The lowest BCUT2D eigenvalue weighted by Crippen LogP contribution is -2.21. The van der Waals surface area contributed by atoms with Gasteiger partial charge in [0.2, 0.25) is 0 Å². The van der Waals surface area contributed by atoms with E-state index in [2.05, 4.69) is 15.0 Å². The van der Waals surface area contributed by atoms with Crippen molar-refractivity contribution in [3.8, 4) is 16.9 Å². The smallest absolute Gasteiger partial charge is 0.420 e. The summed E-state index contributed by atoms with van der Waals surface area (Å²) < 4.78 is 60.9. The maximum atomic E-state index is 13.4. The predicted molar refractivity (Wildman–Crippen MR) is 139 cm³/mol. The molecule has 4 heterocycles. The molecule has 9 nitrogen and oxygen atoms in total. The van der Waals surface area contributed by atoms with E-state index in [1.807, 2.05) is 11.5 Å². The van der Waals surface area contributed by atoms with Crippen molar-refractivity contribution in [3.05, 3.63) is 71.3 Å². The molecule has 0 aliphatic carbocycles. The number of alkyl halides is 3. The first kappa shape index (κ1) is 21.8. The Labute approximate surface area is 230 Å². The third kappa shape index (κ3) is 4.68. The standard InChI is InChI=1S/C27H22ClF2N5O4/c1-14-12-38-13-23-33-21-9-15(25(36)32-17-3-5-18(6-4-17)39-27(28,29)30)7-19(24(21)35(14)23)16-8-20-22(31-10-16)11-34(2)26(20)37/h3-10,14H,11-13H2,1-2H3,(H,32,36)/t14-/m1/s1/i2D3. The molecule has 1 N–H and O–H groups in total. The Morgan fingerprint density at radius 1 is 1.26 bits per heavy atom. The van der Waals surface area contributed by atoms with Gasteiger partial charge in [0.05, 0.1) is 41.5 Å². The normalized spacial score (nSPS) is 18.3. The fraction of sp³-hybridized carbons (Fsp3) is 0.259. The van der Waals surface area contributed by atoms with Gasteiger partial charge >= 0.3 is 5.57 Å². The molecule has 2 aromatic heterocycles. The van der Waals surface area contributed by atoms with Crippen LogP contribution >= 0.6 is 11.6 Å². The van der Waals surface area contributed by atoms with E-state index in [9.17, 15) is 18.4 Å². The highest BCUT2D eigenvalue weighted by Crippen LogP contribution is 2.36. The highest BCUT2D eigenvalue weighted by Gasteiger charge is 2.29. The topological polar surface area (TPSA) is 98.6 Å². The van der Waals surface area contributed by atoms with Crippen molar-refractivity contribution < 1.29 is 32.0 Å². The van der Waals surface area contributed by atoms with Gasteiger partial charge < -0.3 is 24.3 Å². The number of ether oxygens (including phenoxy) is 2. The molecule has 0 spiro atoms. The zero-order valence-corrected chi connectivity index (χ0v) is 21.1. The summed E-state index contributed by atoms with van der Waals surface area (Å²) in [7, 11) is 0. The van der Waals surface area contributed by atoms with Gasteiger partial charge in [0, 0.05) is 51.3 Å². The van der Waals surface area contributed by atoms with Crippen LogP contribution in [0, 0.1) is 0 Å². The van der Waals surface area contributed by atoms with E-state index in [0.717, 1.165) is 4.90 Å². The molecule has 2 aliphatic rings. The van der Waals surface area contributed by atoms with Gasteiger partial charge in [0.25, 0.3) is 11.8 Å². The van der Waals surface area contributed by atoms with Crippen molar-refractivity contribution in [2.45, 2.75) is 31.7 Å². The largest absolute Gasteiger partial charge is 0.487 e. The minimum atomic E-state index is -3.87. The molecular weight excluding hydrogens is 532 g/mol. The first-order valence-corrected chi connectivity index (χ1v) is 12.3. The Bertz CT molecular complexity index is 1740. The lowest BCUT2D eigenvalue weighted by atomic mass is 9.99. The van der Waals surface area contributed by atoms with Crippen LogP contribution in [0.25, 0.3) is 22.2 Å². The van der Waals surface area contributed by atoms with Crippen LogP contribution in [0.1, 0.15) is 49.3 Å². The first-order chi connectivity index (χ1) is 19.8. The highest BCUT2D eigenvalue weighted by molar-refractivity contribution is 6.20. The van der Waals surface area contributed by atoms with E-state index in [1.54, 1.807) is 24.4 Å². The third-order valence-electron chi connectivity index (χ3n) is 6.56. The van der Waals surface area contributed by atoms with Gasteiger partial charge in [-0.3, -0.25) is 14.6 Å². The van der Waals surface area contributed by atoms with Crippen LogP contribution in [-0.4, -0.2) is 50.4 Å². The molecule has 0 fully saturated rings. The molecule has 4 aromatic rings. The number of rotatable bonds is 5. The Balaban J connectivity index is 1.41. The number of hydrogen-bond donors (Lipinski definition) is 1. The number of nitrogens with one attached hydrogen (secondary N) is 1. The van der Waals surface area contributed by atoms with E-state index in [1.165, 1.54) is 24.3 Å². The number of aromatic nitrogens is 3. The summed E-state index contributed by atoms with van der Waals surface area (Å²) >= 11 is 4.81. The molecular formula is C27H22ClF2N5O4. The molecule has 0 saturated heterocycles. The Morgan fingerprint density at radius 3 is 2.79 bits per heavy atom. The van der Waals surface area contributed by atoms with Crippen LogP contribution in [0.15, 0.2) is 48.7 Å². The summed E-state index contributed by atoms with van der Waals surface area (Å²) in [4.78, 5) is 36.2. The van der Waals surface area contributed by atoms with Gasteiger partial charge in [-0.2, -0.15) is 0 Å². The van der Waals surface area contributed by atoms with Crippen LogP contribution in [0.3, 0.4) is 0 Å². The average molecular weight is 557 g/mol. The number of hydrogen-bond acceptors (Lipinski definition) is 6. The van der Waals surface area contributed by atoms with Crippen LogP contribution in [-0.2, 0) is 17.9 Å². The van der Waals surface area contributed by atoms with Gasteiger partial charge in [-0.15, -0.1) is 8.78 Å². The average Bonchev–Trinajstić information content (AvgIpc) is 3.46. The Morgan fingerprint density at radius 2 is 2.05 bits per heavy atom. The number of amides is 2. The summed E-state index contributed by atoms with van der Waals surface area (Å²) in [5, 5.41) is 2.72. The molecule has 6 rings (SSSR count). The number of halogens is 3. The highest BCUT2D eigenvalue weighted by atomic mass is 35.5. The second kappa shape index (κ2) is 9.28. The zero-order valence-electron chi connectivity index (χ0n) is 23.4. The third-order valence-corrected chi connectivity index (χ3v) is 6.64. The van der Waals surface area contributed by atoms with Crippen LogP contribution in [0.2, 0.25) is 0 Å². The van der Waals surface area contributed by atoms with E-state index < -0.39 is 24.4 Å². The number of imidazole rings is 1. The maximum absolute atomic E-state index is 13.4. The predicted octanol–water partition coefficient (Wildman–Crippen LogP) is 5.20. The number of benzene rings is 2. The minimum Gasteiger partial charge on any atom is -0.420 e. The molecule has 0 unspecified atom stereocenters. The first-order valence-electron chi connectivity index (χ1n) is 13.4. The number of carbonyl (C=O) groups excluding carboxylic acids is 2. The number of carbonyl (C=O) groups is 2. The van der Waals surface area contributed by atoms with Gasteiger partial charge in [-0.05, 0) is 49.4 Å². The number of nitrogens with zero attached hydrogens (tertiary/aromatic N) is 4. The summed E-state index contributed by atoms with van der Waals surface area (Å²) in [6, 6.07) is 10.0. The van der Waals surface area contributed by atoms with Crippen LogP contribution in [0.4, 0.5) is 14.5 Å². The van der Waals surface area contributed by atoms with Crippen molar-refractivity contribution in [1.82, 2.24) is 19.4 Å². The summed E-state index contributed by atoms with van der Waals surface area (Å²) in [5.41, 5.74) is -0.530. The Kier molecular flexibility index (Phi) is 5.19. The molecule has 2 amide bonds. The lowest BCUT2D eigenvalue weighted by molar-refractivity contribution is -0.0964. The van der Waals surface area contributed by atoms with Gasteiger partial charge in [0.15, 0.2) is 0 Å². The van der Waals surface area contributed by atoms with Gasteiger partial charge in [0.1, 0.15) is 18.2 Å². The summed E-state index contributed by atoms with van der Waals surface area (Å²) in [5.74, 6) is -0.690. The van der Waals surface area contributed by atoms with Crippen molar-refractivity contribution in [3.63, 3.8) is 0 Å².